The third kappa shape index (κ3) is 2.26. The fourth-order valence-corrected chi connectivity index (χ4v) is 3.43. The molecule has 0 spiro atoms. The third-order valence-electron chi connectivity index (χ3n) is 4.52. The molecule has 2 aromatic heterocycles. The fraction of sp³-hybridized carbons (Fsp3) is 0.263. The number of rotatable bonds is 1. The lowest BCUT2D eigenvalue weighted by Crippen LogP contribution is -2.49. The van der Waals surface area contributed by atoms with Crippen LogP contribution in [0.4, 0.5) is 0 Å². The average molecular weight is 305 g/mol. The largest absolute Gasteiger partial charge is 0.309 e. The van der Waals surface area contributed by atoms with E-state index < -0.39 is 0 Å². The highest BCUT2D eigenvalue weighted by molar-refractivity contribution is 5.86. The first-order chi connectivity index (χ1) is 11.1. The Bertz CT molecular complexity index is 942. The highest BCUT2D eigenvalue weighted by Crippen LogP contribution is 2.25. The SMILES string of the molecule is CC1(C)CNCc2cc3cc(-c4ccccn4)ccc3c(=O)n21. The molecule has 1 aliphatic heterocycles. The first-order valence-electron chi connectivity index (χ1n) is 7.88. The van der Waals surface area contributed by atoms with E-state index in [1.54, 1.807) is 6.20 Å². The van der Waals surface area contributed by atoms with Crippen LogP contribution in [0.15, 0.2) is 53.5 Å². The molecule has 4 nitrogen and oxygen atoms in total. The highest BCUT2D eigenvalue weighted by Gasteiger charge is 2.28. The summed E-state index contributed by atoms with van der Waals surface area (Å²) in [6, 6.07) is 13.9. The second-order valence-electron chi connectivity index (χ2n) is 6.71. The number of hydrogen-bond donors (Lipinski definition) is 1. The number of hydrogen-bond acceptors (Lipinski definition) is 3. The number of fused-ring (bicyclic) bond motifs is 2. The topological polar surface area (TPSA) is 46.9 Å². The highest BCUT2D eigenvalue weighted by atomic mass is 16.1. The molecule has 4 heteroatoms. The van der Waals surface area contributed by atoms with Gasteiger partial charge in [0.25, 0.3) is 5.56 Å². The van der Waals surface area contributed by atoms with Gasteiger partial charge in [-0.1, -0.05) is 12.1 Å². The van der Waals surface area contributed by atoms with Crippen LogP contribution in [0.2, 0.25) is 0 Å². The second kappa shape index (κ2) is 5.03. The van der Waals surface area contributed by atoms with Gasteiger partial charge < -0.3 is 9.88 Å². The average Bonchev–Trinajstić information content (AvgIpc) is 2.54. The van der Waals surface area contributed by atoms with Crippen LogP contribution in [0.1, 0.15) is 19.5 Å². The Hall–Kier alpha value is -2.46. The molecule has 3 aromatic rings. The molecule has 1 N–H and O–H groups in total. The van der Waals surface area contributed by atoms with Crippen molar-refractivity contribution < 1.29 is 0 Å². The zero-order chi connectivity index (χ0) is 16.0. The van der Waals surface area contributed by atoms with Crippen molar-refractivity contribution in [1.29, 1.82) is 0 Å². The Morgan fingerprint density at radius 2 is 2.04 bits per heavy atom. The van der Waals surface area contributed by atoms with Gasteiger partial charge in [-0.3, -0.25) is 9.78 Å². The van der Waals surface area contributed by atoms with Crippen molar-refractivity contribution in [2.75, 3.05) is 6.54 Å². The number of nitrogens with zero attached hydrogens (tertiary/aromatic N) is 2. The van der Waals surface area contributed by atoms with Gasteiger partial charge in [0.05, 0.1) is 11.2 Å². The summed E-state index contributed by atoms with van der Waals surface area (Å²) in [6.45, 7) is 5.72. The first kappa shape index (κ1) is 14.2. The quantitative estimate of drug-likeness (QED) is 0.752. The van der Waals surface area contributed by atoms with Crippen LogP contribution >= 0.6 is 0 Å². The Balaban J connectivity index is 1.97. The maximum Gasteiger partial charge on any atom is 0.259 e. The summed E-state index contributed by atoms with van der Waals surface area (Å²) in [5, 5.41) is 5.14. The molecule has 4 rings (SSSR count). The van der Waals surface area contributed by atoms with E-state index in [4.69, 9.17) is 0 Å². The maximum atomic E-state index is 13.0. The standard InChI is InChI=1S/C19H19N3O/c1-19(2)12-20-11-15-10-14-9-13(17-5-3-4-8-21-17)6-7-16(14)18(23)22(15)19/h3-10,20H,11-12H2,1-2H3. The van der Waals surface area contributed by atoms with Gasteiger partial charge in [-0.15, -0.1) is 0 Å². The van der Waals surface area contributed by atoms with Crippen molar-refractivity contribution in [2.24, 2.45) is 0 Å². The Morgan fingerprint density at radius 1 is 1.17 bits per heavy atom. The normalized spacial score (nSPS) is 16.3. The molecule has 1 aromatic carbocycles. The summed E-state index contributed by atoms with van der Waals surface area (Å²) in [5.41, 5.74) is 2.88. The van der Waals surface area contributed by atoms with Crippen LogP contribution in [0.25, 0.3) is 22.0 Å². The van der Waals surface area contributed by atoms with Crippen LogP contribution in [0, 0.1) is 0 Å². The maximum absolute atomic E-state index is 13.0. The van der Waals surface area contributed by atoms with Crippen LogP contribution in [0.3, 0.4) is 0 Å². The molecule has 116 valence electrons. The monoisotopic (exact) mass is 305 g/mol. The predicted octanol–water partition coefficient (Wildman–Crippen LogP) is 2.90. The summed E-state index contributed by atoms with van der Waals surface area (Å²) in [6.07, 6.45) is 1.79. The minimum atomic E-state index is -0.210. The van der Waals surface area contributed by atoms with Gasteiger partial charge in [-0.2, -0.15) is 0 Å². The van der Waals surface area contributed by atoms with Gasteiger partial charge in [-0.25, -0.2) is 0 Å². The lowest BCUT2D eigenvalue weighted by Gasteiger charge is -2.35. The summed E-state index contributed by atoms with van der Waals surface area (Å²) >= 11 is 0. The van der Waals surface area contributed by atoms with E-state index in [1.807, 2.05) is 34.9 Å². The molecule has 3 heterocycles. The number of nitrogens with one attached hydrogen (secondary N) is 1. The van der Waals surface area contributed by atoms with Crippen LogP contribution in [-0.2, 0) is 12.1 Å². The third-order valence-corrected chi connectivity index (χ3v) is 4.52. The molecular weight excluding hydrogens is 286 g/mol. The van der Waals surface area contributed by atoms with Crippen molar-refractivity contribution in [3.8, 4) is 11.3 Å². The van der Waals surface area contributed by atoms with E-state index in [-0.39, 0.29) is 11.1 Å². The van der Waals surface area contributed by atoms with Gasteiger partial charge >= 0.3 is 0 Å². The summed E-state index contributed by atoms with van der Waals surface area (Å²) in [5.74, 6) is 0. The van der Waals surface area contributed by atoms with Crippen molar-refractivity contribution >= 4 is 10.8 Å². The van der Waals surface area contributed by atoms with Crippen molar-refractivity contribution in [2.45, 2.75) is 25.9 Å². The summed E-state index contributed by atoms with van der Waals surface area (Å²) < 4.78 is 1.94. The summed E-state index contributed by atoms with van der Waals surface area (Å²) in [4.78, 5) is 17.3. The number of benzene rings is 1. The van der Waals surface area contributed by atoms with Crippen LogP contribution in [0.5, 0.6) is 0 Å². The van der Waals surface area contributed by atoms with E-state index >= 15 is 0 Å². The smallest absolute Gasteiger partial charge is 0.259 e. The van der Waals surface area contributed by atoms with Crippen molar-refractivity contribution in [1.82, 2.24) is 14.9 Å². The predicted molar refractivity (Wildman–Crippen MR) is 92.5 cm³/mol. The van der Waals surface area contributed by atoms with E-state index in [1.165, 1.54) is 0 Å². The van der Waals surface area contributed by atoms with Crippen molar-refractivity contribution in [3.05, 3.63) is 64.7 Å². The Labute approximate surface area is 134 Å². The Morgan fingerprint density at radius 3 is 2.83 bits per heavy atom. The minimum Gasteiger partial charge on any atom is -0.309 e. The fourth-order valence-electron chi connectivity index (χ4n) is 3.43. The van der Waals surface area contributed by atoms with Crippen molar-refractivity contribution in [3.63, 3.8) is 0 Å². The van der Waals surface area contributed by atoms with E-state index in [0.717, 1.165) is 40.8 Å². The molecule has 0 atom stereocenters. The molecule has 23 heavy (non-hydrogen) atoms. The molecule has 0 amide bonds. The first-order valence-corrected chi connectivity index (χ1v) is 7.88. The zero-order valence-corrected chi connectivity index (χ0v) is 13.3. The van der Waals surface area contributed by atoms with E-state index in [0.29, 0.717) is 0 Å². The van der Waals surface area contributed by atoms with Gasteiger partial charge in [0, 0.05) is 35.9 Å². The Kier molecular flexibility index (Phi) is 3.10. The van der Waals surface area contributed by atoms with Gasteiger partial charge in [0.1, 0.15) is 0 Å². The van der Waals surface area contributed by atoms with E-state index in [2.05, 4.69) is 36.3 Å². The molecule has 0 unspecified atom stereocenters. The van der Waals surface area contributed by atoms with Gasteiger partial charge in [0.2, 0.25) is 0 Å². The lowest BCUT2D eigenvalue weighted by molar-refractivity contribution is 0.280. The number of aromatic nitrogens is 2. The molecule has 0 aliphatic carbocycles. The van der Waals surface area contributed by atoms with Crippen LogP contribution in [-0.4, -0.2) is 16.1 Å². The van der Waals surface area contributed by atoms with Crippen LogP contribution < -0.4 is 10.9 Å². The molecular formula is C19H19N3O. The minimum absolute atomic E-state index is 0.0940. The summed E-state index contributed by atoms with van der Waals surface area (Å²) in [7, 11) is 0. The lowest BCUT2D eigenvalue weighted by atomic mass is 9.98. The molecule has 0 fully saturated rings. The molecule has 0 radical (unpaired) electrons. The van der Waals surface area contributed by atoms with Gasteiger partial charge in [-0.05, 0) is 49.6 Å². The molecule has 0 saturated carbocycles. The zero-order valence-electron chi connectivity index (χ0n) is 13.3. The number of pyridine rings is 2. The molecule has 0 bridgehead atoms. The second-order valence-corrected chi connectivity index (χ2v) is 6.71. The van der Waals surface area contributed by atoms with E-state index in [9.17, 15) is 4.79 Å². The molecule has 1 aliphatic rings. The molecule has 0 saturated heterocycles. The van der Waals surface area contributed by atoms with Gasteiger partial charge in [0.15, 0.2) is 0 Å².